The zero-order valence-corrected chi connectivity index (χ0v) is 11.8. The lowest BCUT2D eigenvalue weighted by Gasteiger charge is -2.21. The van der Waals surface area contributed by atoms with Gasteiger partial charge in [0.25, 0.3) is 0 Å². The summed E-state index contributed by atoms with van der Waals surface area (Å²) in [5.41, 5.74) is 0. The molecule has 1 fully saturated rings. The summed E-state index contributed by atoms with van der Waals surface area (Å²) in [6.45, 7) is 3.88. The SMILES string of the molecule is CCCCCCCCCCC(=O)C1COCCO1. The van der Waals surface area contributed by atoms with Gasteiger partial charge in [0, 0.05) is 6.42 Å². The van der Waals surface area contributed by atoms with Gasteiger partial charge in [-0.2, -0.15) is 0 Å². The number of hydrogen-bond acceptors (Lipinski definition) is 3. The van der Waals surface area contributed by atoms with E-state index in [2.05, 4.69) is 6.92 Å². The van der Waals surface area contributed by atoms with Crippen LogP contribution in [0.2, 0.25) is 0 Å². The molecule has 1 aliphatic rings. The third kappa shape index (κ3) is 7.12. The van der Waals surface area contributed by atoms with Crippen LogP contribution in [0.15, 0.2) is 0 Å². The van der Waals surface area contributed by atoms with Gasteiger partial charge in [-0.25, -0.2) is 0 Å². The minimum Gasteiger partial charge on any atom is -0.376 e. The fourth-order valence-electron chi connectivity index (χ4n) is 2.27. The number of carbonyl (C=O) groups excluding carboxylic acids is 1. The summed E-state index contributed by atoms with van der Waals surface area (Å²) in [5, 5.41) is 0. The number of ketones is 1. The Labute approximate surface area is 111 Å². The summed E-state index contributed by atoms with van der Waals surface area (Å²) in [6.07, 6.45) is 10.5. The molecule has 0 bridgehead atoms. The van der Waals surface area contributed by atoms with Crippen LogP contribution in [0.4, 0.5) is 0 Å². The first-order chi connectivity index (χ1) is 8.84. The molecule has 0 aromatic carbocycles. The van der Waals surface area contributed by atoms with Crippen LogP contribution in [0.3, 0.4) is 0 Å². The monoisotopic (exact) mass is 256 g/mol. The highest BCUT2D eigenvalue weighted by Gasteiger charge is 2.21. The van der Waals surface area contributed by atoms with Crippen LogP contribution in [0.5, 0.6) is 0 Å². The predicted molar refractivity (Wildman–Crippen MR) is 72.8 cm³/mol. The Morgan fingerprint density at radius 1 is 1.00 bits per heavy atom. The van der Waals surface area contributed by atoms with Gasteiger partial charge >= 0.3 is 0 Å². The van der Waals surface area contributed by atoms with Crippen LogP contribution in [0.25, 0.3) is 0 Å². The first-order valence-corrected chi connectivity index (χ1v) is 7.56. The molecular weight excluding hydrogens is 228 g/mol. The fraction of sp³-hybridized carbons (Fsp3) is 0.933. The van der Waals surface area contributed by atoms with Gasteiger partial charge in [-0.3, -0.25) is 4.79 Å². The van der Waals surface area contributed by atoms with Crippen molar-refractivity contribution in [2.75, 3.05) is 19.8 Å². The molecule has 1 atom stereocenters. The van der Waals surface area contributed by atoms with Gasteiger partial charge in [0.05, 0.1) is 19.8 Å². The molecule has 1 unspecified atom stereocenters. The molecule has 106 valence electrons. The smallest absolute Gasteiger partial charge is 0.163 e. The molecule has 1 rings (SSSR count). The van der Waals surface area contributed by atoms with Gasteiger partial charge in [-0.1, -0.05) is 51.9 Å². The molecule has 3 heteroatoms. The molecule has 0 aliphatic carbocycles. The minimum absolute atomic E-state index is 0.223. The third-order valence-electron chi connectivity index (χ3n) is 3.45. The number of ether oxygens (including phenoxy) is 2. The Morgan fingerprint density at radius 2 is 1.67 bits per heavy atom. The molecule has 1 aliphatic heterocycles. The van der Waals surface area contributed by atoms with Crippen LogP contribution >= 0.6 is 0 Å². The normalized spacial score (nSPS) is 19.9. The molecule has 0 radical (unpaired) electrons. The van der Waals surface area contributed by atoms with E-state index in [-0.39, 0.29) is 11.9 Å². The lowest BCUT2D eigenvalue weighted by atomic mass is 10.0. The van der Waals surface area contributed by atoms with Crippen LogP contribution in [0, 0.1) is 0 Å². The number of rotatable bonds is 10. The summed E-state index contributed by atoms with van der Waals surface area (Å²) in [4.78, 5) is 11.8. The van der Waals surface area contributed by atoms with E-state index < -0.39 is 0 Å². The van der Waals surface area contributed by atoms with Crippen LogP contribution in [-0.2, 0) is 14.3 Å². The maximum atomic E-state index is 11.8. The second-order valence-electron chi connectivity index (χ2n) is 5.13. The summed E-state index contributed by atoms with van der Waals surface area (Å²) >= 11 is 0. The third-order valence-corrected chi connectivity index (χ3v) is 3.45. The average Bonchev–Trinajstić information content (AvgIpc) is 2.42. The number of hydrogen-bond donors (Lipinski definition) is 0. The van der Waals surface area contributed by atoms with Crippen LogP contribution in [0.1, 0.15) is 64.7 Å². The number of carbonyl (C=O) groups is 1. The van der Waals surface area contributed by atoms with Crippen molar-refractivity contribution < 1.29 is 14.3 Å². The number of unbranched alkanes of at least 4 members (excludes halogenated alkanes) is 7. The first kappa shape index (κ1) is 15.6. The molecule has 1 saturated heterocycles. The van der Waals surface area contributed by atoms with Gasteiger partial charge < -0.3 is 9.47 Å². The minimum atomic E-state index is -0.289. The van der Waals surface area contributed by atoms with E-state index in [0.717, 1.165) is 6.42 Å². The molecule has 0 amide bonds. The van der Waals surface area contributed by atoms with Gasteiger partial charge in [0.1, 0.15) is 6.10 Å². The summed E-state index contributed by atoms with van der Waals surface area (Å²) in [7, 11) is 0. The number of Topliss-reactive ketones (excluding diaryl/α,β-unsaturated/α-hetero) is 1. The highest BCUT2D eigenvalue weighted by molar-refractivity contribution is 5.83. The van der Waals surface area contributed by atoms with Gasteiger partial charge in [0.15, 0.2) is 5.78 Å². The summed E-state index contributed by atoms with van der Waals surface area (Å²) < 4.78 is 10.6. The molecule has 0 spiro atoms. The molecule has 0 saturated carbocycles. The van der Waals surface area contributed by atoms with Crippen molar-refractivity contribution in [3.63, 3.8) is 0 Å². The van der Waals surface area contributed by atoms with E-state index in [0.29, 0.717) is 26.2 Å². The van der Waals surface area contributed by atoms with Crippen molar-refractivity contribution in [1.82, 2.24) is 0 Å². The summed E-state index contributed by atoms with van der Waals surface area (Å²) in [5.74, 6) is 0.223. The lowest BCUT2D eigenvalue weighted by molar-refractivity contribution is -0.145. The Balaban J connectivity index is 1.89. The molecule has 0 N–H and O–H groups in total. The second kappa shape index (κ2) is 10.5. The van der Waals surface area contributed by atoms with Crippen molar-refractivity contribution in [2.45, 2.75) is 70.8 Å². The van der Waals surface area contributed by atoms with E-state index in [1.807, 2.05) is 0 Å². The van der Waals surface area contributed by atoms with E-state index in [1.54, 1.807) is 0 Å². The van der Waals surface area contributed by atoms with Crippen molar-refractivity contribution in [3.05, 3.63) is 0 Å². The molecule has 3 nitrogen and oxygen atoms in total. The highest BCUT2D eigenvalue weighted by Crippen LogP contribution is 2.12. The highest BCUT2D eigenvalue weighted by atomic mass is 16.6. The second-order valence-corrected chi connectivity index (χ2v) is 5.13. The molecule has 0 aromatic heterocycles. The van der Waals surface area contributed by atoms with Crippen molar-refractivity contribution in [2.24, 2.45) is 0 Å². The Kier molecular flexibility index (Phi) is 9.13. The Bertz CT molecular complexity index is 210. The lowest BCUT2D eigenvalue weighted by Crippen LogP contribution is -2.35. The van der Waals surface area contributed by atoms with E-state index >= 15 is 0 Å². The van der Waals surface area contributed by atoms with Crippen molar-refractivity contribution in [3.8, 4) is 0 Å². The first-order valence-electron chi connectivity index (χ1n) is 7.56. The zero-order valence-electron chi connectivity index (χ0n) is 11.8. The van der Waals surface area contributed by atoms with E-state index in [1.165, 1.54) is 44.9 Å². The quantitative estimate of drug-likeness (QED) is 0.561. The molecular formula is C15H28O3. The molecule has 0 aromatic rings. The van der Waals surface area contributed by atoms with Crippen LogP contribution in [-0.4, -0.2) is 31.7 Å². The molecule has 1 heterocycles. The largest absolute Gasteiger partial charge is 0.376 e. The average molecular weight is 256 g/mol. The predicted octanol–water partition coefficient (Wildman–Crippen LogP) is 3.50. The fourth-order valence-corrected chi connectivity index (χ4v) is 2.27. The zero-order chi connectivity index (χ0) is 13.1. The van der Waals surface area contributed by atoms with Crippen molar-refractivity contribution >= 4 is 5.78 Å². The standard InChI is InChI=1S/C15H28O3/c1-2-3-4-5-6-7-8-9-10-14(16)15-13-17-11-12-18-15/h15H,2-13H2,1H3. The Hall–Kier alpha value is -0.410. The van der Waals surface area contributed by atoms with Gasteiger partial charge in [-0.15, -0.1) is 0 Å². The molecule has 18 heavy (non-hydrogen) atoms. The Morgan fingerprint density at radius 3 is 2.28 bits per heavy atom. The maximum Gasteiger partial charge on any atom is 0.163 e. The maximum absolute atomic E-state index is 11.8. The van der Waals surface area contributed by atoms with Crippen LogP contribution < -0.4 is 0 Å². The topological polar surface area (TPSA) is 35.5 Å². The van der Waals surface area contributed by atoms with Gasteiger partial charge in [-0.05, 0) is 6.42 Å². The van der Waals surface area contributed by atoms with Gasteiger partial charge in [0.2, 0.25) is 0 Å². The van der Waals surface area contributed by atoms with Crippen molar-refractivity contribution in [1.29, 1.82) is 0 Å². The van der Waals surface area contributed by atoms with E-state index in [9.17, 15) is 4.79 Å². The summed E-state index contributed by atoms with van der Waals surface area (Å²) in [6, 6.07) is 0. The van der Waals surface area contributed by atoms with E-state index in [4.69, 9.17) is 9.47 Å².